The number of carbonyl (C=O) groups is 3. The predicted molar refractivity (Wildman–Crippen MR) is 70.8 cm³/mol. The molecular weight excluding hydrogens is 322 g/mol. The quantitative estimate of drug-likeness (QED) is 0.327. The zero-order valence-corrected chi connectivity index (χ0v) is 9.02. The van der Waals surface area contributed by atoms with Crippen LogP contribution in [0.2, 0.25) is 0 Å². The third kappa shape index (κ3) is 7.34. The van der Waals surface area contributed by atoms with Gasteiger partial charge < -0.3 is 20.1 Å². The topological polar surface area (TPSA) is 121 Å². The van der Waals surface area contributed by atoms with Crippen molar-refractivity contribution in [3.63, 3.8) is 0 Å². The normalized spacial score (nSPS) is 12.1. The molecule has 0 amide bonds. The number of benzene rings is 1. The zero-order chi connectivity index (χ0) is 13.7. The molecule has 20 heavy (non-hydrogen) atoms. The van der Waals surface area contributed by atoms with E-state index in [1.54, 1.807) is 6.07 Å². The van der Waals surface area contributed by atoms with Gasteiger partial charge in [-0.05, 0) is 12.1 Å². The summed E-state index contributed by atoms with van der Waals surface area (Å²) in [6.07, 6.45) is -4.67. The second-order valence-electron chi connectivity index (χ2n) is 3.30. The average molecular weight is 334 g/mol. The molecule has 0 bridgehead atoms. The number of aliphatic carboxylic acids is 1. The molecule has 0 aliphatic heterocycles. The molecule has 7 nitrogen and oxygen atoms in total. The molecule has 0 aliphatic carbocycles. The number of hydrogen-bond acceptors (Lipinski definition) is 6. The van der Waals surface area contributed by atoms with E-state index in [-0.39, 0.29) is 108 Å². The van der Waals surface area contributed by atoms with E-state index in [1.807, 2.05) is 0 Å². The molecule has 100 valence electrons. The Balaban J connectivity index is 0. The summed E-state index contributed by atoms with van der Waals surface area (Å²) in [6, 6.07) is 7.44. The van der Waals surface area contributed by atoms with Crippen LogP contribution in [0, 0.1) is 0 Å². The maximum absolute atomic E-state index is 11.4. The van der Waals surface area contributed by atoms with Crippen LogP contribution in [0.1, 0.15) is 10.4 Å². The van der Waals surface area contributed by atoms with Gasteiger partial charge in [-0.1, -0.05) is 18.2 Å². The van der Waals surface area contributed by atoms with Gasteiger partial charge in [0.25, 0.3) is 0 Å². The van der Waals surface area contributed by atoms with Crippen molar-refractivity contribution in [2.45, 2.75) is 12.2 Å². The number of rotatable bonds is 4. The fraction of sp³-hybridized carbons (Fsp3) is 0.182. The minimum atomic E-state index is -2.35. The number of aliphatic hydroxyl groups is 2. The van der Waals surface area contributed by atoms with Gasteiger partial charge >= 0.3 is 121 Å². The number of ether oxygens (including phenoxy) is 1. The van der Waals surface area contributed by atoms with Crippen molar-refractivity contribution in [3.8, 4) is 0 Å². The summed E-state index contributed by atoms with van der Waals surface area (Å²) >= 11 is 0. The van der Waals surface area contributed by atoms with Crippen molar-refractivity contribution in [1.82, 2.24) is 0 Å². The maximum atomic E-state index is 11.4. The predicted octanol–water partition coefficient (Wildman–Crippen LogP) is -2.12. The van der Waals surface area contributed by atoms with Crippen molar-refractivity contribution in [1.29, 1.82) is 0 Å². The van der Waals surface area contributed by atoms with E-state index in [4.69, 9.17) is 15.3 Å². The Labute approximate surface area is 199 Å². The first-order chi connectivity index (χ1) is 8.43. The van der Waals surface area contributed by atoms with Crippen LogP contribution in [0.15, 0.2) is 30.3 Å². The van der Waals surface area contributed by atoms with E-state index >= 15 is 0 Å². The van der Waals surface area contributed by atoms with Gasteiger partial charge in [0.15, 0.2) is 12.2 Å². The van der Waals surface area contributed by atoms with Gasteiger partial charge in [0, 0.05) is 0 Å². The van der Waals surface area contributed by atoms with Crippen molar-refractivity contribution >= 4 is 121 Å². The van der Waals surface area contributed by atoms with Crippen molar-refractivity contribution in [2.24, 2.45) is 0 Å². The second-order valence-corrected chi connectivity index (χ2v) is 3.30. The van der Waals surface area contributed by atoms with Crippen molar-refractivity contribution < 1.29 is 34.4 Å². The van der Waals surface area contributed by atoms with Crippen LogP contribution >= 0.6 is 0 Å². The van der Waals surface area contributed by atoms with Gasteiger partial charge in [-0.15, -0.1) is 0 Å². The molecule has 3 N–H and O–H groups in total. The third-order valence-electron chi connectivity index (χ3n) is 2.00. The third-order valence-corrected chi connectivity index (χ3v) is 2.00. The molecule has 1 aromatic carbocycles. The zero-order valence-electron chi connectivity index (χ0n) is 9.02. The number of esters is 2. The van der Waals surface area contributed by atoms with Crippen LogP contribution in [0.5, 0.6) is 0 Å². The first kappa shape index (κ1) is 23.3. The van der Waals surface area contributed by atoms with Crippen molar-refractivity contribution in [3.05, 3.63) is 35.9 Å². The summed E-state index contributed by atoms with van der Waals surface area (Å²) < 4.78 is 4.22. The van der Waals surface area contributed by atoms with Gasteiger partial charge in [0.1, 0.15) is 0 Å². The molecule has 0 heterocycles. The Morgan fingerprint density at radius 3 is 1.90 bits per heavy atom. The molecule has 2 atom stereocenters. The Morgan fingerprint density at radius 2 is 1.45 bits per heavy atom. The fourth-order valence-corrected chi connectivity index (χ4v) is 1.05. The summed E-state index contributed by atoms with van der Waals surface area (Å²) in [7, 11) is 0. The van der Waals surface area contributed by atoms with Gasteiger partial charge in [0.05, 0.1) is 5.56 Å². The van der Waals surface area contributed by atoms with Gasteiger partial charge in [0.2, 0.25) is 0 Å². The molecule has 1 rings (SSSR count). The standard InChI is InChI=1S/C11H10O7.2K.2H/c12-7(9(14)15)8(13)11(17)18-10(16)6-4-2-1-3-5-6;;;;/h1-5,7-8,12-13H,(H,14,15);;;;. The average Bonchev–Trinajstić information content (AvgIpc) is 2.37. The summed E-state index contributed by atoms with van der Waals surface area (Å²) in [5.41, 5.74) is 0.0582. The van der Waals surface area contributed by atoms with Crippen molar-refractivity contribution in [2.75, 3.05) is 0 Å². The van der Waals surface area contributed by atoms with Crippen LogP contribution in [0.3, 0.4) is 0 Å². The number of hydrogen-bond donors (Lipinski definition) is 3. The summed E-state index contributed by atoms with van der Waals surface area (Å²) in [5.74, 6) is -4.37. The van der Waals surface area contributed by atoms with E-state index in [0.29, 0.717) is 0 Å². The molecule has 9 heteroatoms. The molecule has 0 radical (unpaired) electrons. The van der Waals surface area contributed by atoms with Crippen LogP contribution in [-0.4, -0.2) is 148 Å². The van der Waals surface area contributed by atoms with E-state index in [1.165, 1.54) is 24.3 Å². The van der Waals surface area contributed by atoms with Crippen LogP contribution in [0.25, 0.3) is 0 Å². The minimum absolute atomic E-state index is 0. The molecule has 2 unspecified atom stereocenters. The molecule has 1 aromatic rings. The number of carbonyl (C=O) groups excluding carboxylic acids is 2. The summed E-state index contributed by atoms with van der Waals surface area (Å²) in [6.45, 7) is 0. The molecule has 0 spiro atoms. The Bertz CT molecular complexity index is 463. The number of carboxylic acids is 1. The molecule has 0 aliphatic rings. The molecule has 0 fully saturated rings. The Kier molecular flexibility index (Phi) is 13.5. The summed E-state index contributed by atoms with van der Waals surface area (Å²) in [4.78, 5) is 32.8. The second kappa shape index (κ2) is 11.6. The summed E-state index contributed by atoms with van der Waals surface area (Å²) in [5, 5.41) is 26.3. The monoisotopic (exact) mass is 334 g/mol. The number of aliphatic hydroxyl groups excluding tert-OH is 2. The van der Waals surface area contributed by atoms with Crippen LogP contribution < -0.4 is 0 Å². The van der Waals surface area contributed by atoms with E-state index < -0.39 is 30.1 Å². The first-order valence-corrected chi connectivity index (χ1v) is 4.83. The van der Waals surface area contributed by atoms with Crippen LogP contribution in [-0.2, 0) is 14.3 Å². The van der Waals surface area contributed by atoms with E-state index in [9.17, 15) is 14.4 Å². The van der Waals surface area contributed by atoms with E-state index in [2.05, 4.69) is 4.74 Å². The molecule has 0 saturated carbocycles. The Hall–Kier alpha value is 1.02. The first-order valence-electron chi connectivity index (χ1n) is 4.83. The number of carboxylic acid groups (broad SMARTS) is 1. The molecule has 0 saturated heterocycles. The molecule has 0 aromatic heterocycles. The Morgan fingerprint density at radius 1 is 0.950 bits per heavy atom. The fourth-order valence-electron chi connectivity index (χ4n) is 1.05. The molecular formula is C11H12K2O7. The van der Waals surface area contributed by atoms with Gasteiger partial charge in [-0.25, -0.2) is 14.4 Å². The van der Waals surface area contributed by atoms with Gasteiger partial charge in [-0.3, -0.25) is 0 Å². The van der Waals surface area contributed by atoms with E-state index in [0.717, 1.165) is 0 Å². The van der Waals surface area contributed by atoms with Crippen LogP contribution in [0.4, 0.5) is 0 Å². The van der Waals surface area contributed by atoms with Gasteiger partial charge in [-0.2, -0.15) is 0 Å². The SMILES string of the molecule is O=C(OC(=O)C(O)C(O)C(=O)O)c1ccccc1.[KH].[KH].